The standard InChI is InChI=1S/C27H30FNO5/c28-24-16-22(34-21-10-8-18(9-11-21)27(32)33)12-13-23(24)25(30)5-2-14-29-26(31)20-4-1-3-19(15-20)17-6-7-17/h1,3-4,12-13,15-18,21H,2,5-11,14H2,(H,29,31)(H,32,33). The average Bonchev–Trinajstić information content (AvgIpc) is 3.68. The zero-order chi connectivity index (χ0) is 24.1. The molecule has 0 unspecified atom stereocenters. The zero-order valence-corrected chi connectivity index (χ0v) is 19.1. The van der Waals surface area contributed by atoms with Crippen LogP contribution in [0.4, 0.5) is 4.39 Å². The van der Waals surface area contributed by atoms with E-state index < -0.39 is 11.8 Å². The Hall–Kier alpha value is -3.22. The second-order valence-electron chi connectivity index (χ2n) is 9.25. The van der Waals surface area contributed by atoms with E-state index >= 15 is 0 Å². The van der Waals surface area contributed by atoms with E-state index in [4.69, 9.17) is 9.84 Å². The number of ether oxygens (including phenoxy) is 1. The molecule has 0 spiro atoms. The lowest BCUT2D eigenvalue weighted by Gasteiger charge is -2.26. The van der Waals surface area contributed by atoms with Crippen molar-refractivity contribution in [1.29, 1.82) is 0 Å². The molecule has 0 atom stereocenters. The van der Waals surface area contributed by atoms with Gasteiger partial charge in [0.2, 0.25) is 0 Å². The Bertz CT molecular complexity index is 1060. The van der Waals surface area contributed by atoms with Crippen molar-refractivity contribution in [3.05, 3.63) is 65.0 Å². The van der Waals surface area contributed by atoms with E-state index in [1.165, 1.54) is 30.5 Å². The van der Waals surface area contributed by atoms with Crippen LogP contribution in [0.15, 0.2) is 42.5 Å². The lowest BCUT2D eigenvalue weighted by Crippen LogP contribution is -2.27. The van der Waals surface area contributed by atoms with Crippen LogP contribution in [0.2, 0.25) is 0 Å². The quantitative estimate of drug-likeness (QED) is 0.374. The van der Waals surface area contributed by atoms with Crippen molar-refractivity contribution in [2.24, 2.45) is 5.92 Å². The molecule has 0 bridgehead atoms. The smallest absolute Gasteiger partial charge is 0.306 e. The number of carboxylic acid groups (broad SMARTS) is 1. The van der Waals surface area contributed by atoms with E-state index in [1.54, 1.807) is 12.1 Å². The minimum absolute atomic E-state index is 0.00500. The molecule has 34 heavy (non-hydrogen) atoms. The van der Waals surface area contributed by atoms with Crippen molar-refractivity contribution < 1.29 is 28.6 Å². The third-order valence-corrected chi connectivity index (χ3v) is 6.63. The van der Waals surface area contributed by atoms with Gasteiger partial charge in [0.25, 0.3) is 5.91 Å². The Labute approximate surface area is 198 Å². The number of halogens is 1. The third-order valence-electron chi connectivity index (χ3n) is 6.63. The predicted octanol–water partition coefficient (Wildman–Crippen LogP) is 5.12. The number of carbonyl (C=O) groups is 3. The van der Waals surface area contributed by atoms with Crippen LogP contribution in [0.25, 0.3) is 0 Å². The summed E-state index contributed by atoms with van der Waals surface area (Å²) in [5, 5.41) is 11.9. The molecule has 0 aliphatic heterocycles. The average molecular weight is 468 g/mol. The van der Waals surface area contributed by atoms with Crippen LogP contribution in [-0.4, -0.2) is 35.4 Å². The van der Waals surface area contributed by atoms with Crippen molar-refractivity contribution in [3.8, 4) is 5.75 Å². The molecule has 4 rings (SSSR count). The van der Waals surface area contributed by atoms with E-state index in [9.17, 15) is 18.8 Å². The molecule has 180 valence electrons. The largest absolute Gasteiger partial charge is 0.490 e. The van der Waals surface area contributed by atoms with Gasteiger partial charge in [0.05, 0.1) is 17.6 Å². The van der Waals surface area contributed by atoms with E-state index in [1.807, 2.05) is 18.2 Å². The number of benzene rings is 2. The molecule has 7 heteroatoms. The lowest BCUT2D eigenvalue weighted by atomic mass is 9.87. The minimum Gasteiger partial charge on any atom is -0.490 e. The molecule has 0 radical (unpaired) electrons. The summed E-state index contributed by atoms with van der Waals surface area (Å²) in [4.78, 5) is 35.9. The molecular weight excluding hydrogens is 437 g/mol. The van der Waals surface area contributed by atoms with Crippen LogP contribution in [-0.2, 0) is 4.79 Å². The summed E-state index contributed by atoms with van der Waals surface area (Å²) in [6.07, 6.45) is 5.03. The first-order valence-electron chi connectivity index (χ1n) is 12.0. The summed E-state index contributed by atoms with van der Waals surface area (Å²) in [7, 11) is 0. The highest BCUT2D eigenvalue weighted by molar-refractivity contribution is 5.96. The number of hydrogen-bond acceptors (Lipinski definition) is 4. The molecular formula is C27H30FNO5. The van der Waals surface area contributed by atoms with Crippen LogP contribution < -0.4 is 10.1 Å². The molecule has 0 aromatic heterocycles. The third kappa shape index (κ3) is 6.22. The number of Topliss-reactive ketones (excluding diaryl/α,β-unsaturated/α-hetero) is 1. The van der Waals surface area contributed by atoms with Crippen LogP contribution in [0.1, 0.15) is 83.6 Å². The molecule has 2 aromatic rings. The number of nitrogens with one attached hydrogen (secondary N) is 1. The first-order valence-corrected chi connectivity index (χ1v) is 12.0. The number of amides is 1. The van der Waals surface area contributed by atoms with E-state index in [0.717, 1.165) is 0 Å². The second kappa shape index (κ2) is 10.8. The number of carboxylic acids is 1. The van der Waals surface area contributed by atoms with Gasteiger partial charge in [0.15, 0.2) is 5.78 Å². The van der Waals surface area contributed by atoms with Gasteiger partial charge in [-0.25, -0.2) is 4.39 Å². The van der Waals surface area contributed by atoms with Crippen molar-refractivity contribution in [1.82, 2.24) is 5.32 Å². The highest BCUT2D eigenvalue weighted by Gasteiger charge is 2.27. The molecule has 2 fully saturated rings. The summed E-state index contributed by atoms with van der Waals surface area (Å²) >= 11 is 0. The summed E-state index contributed by atoms with van der Waals surface area (Å²) in [5.41, 5.74) is 1.82. The van der Waals surface area contributed by atoms with Gasteiger partial charge in [0.1, 0.15) is 11.6 Å². The Morgan fingerprint density at radius 1 is 1.00 bits per heavy atom. The molecule has 0 heterocycles. The summed E-state index contributed by atoms with van der Waals surface area (Å²) in [6, 6.07) is 11.9. The first kappa shape index (κ1) is 23.9. The highest BCUT2D eigenvalue weighted by atomic mass is 19.1. The van der Waals surface area contributed by atoms with Gasteiger partial charge in [0, 0.05) is 24.6 Å². The predicted molar refractivity (Wildman–Crippen MR) is 125 cm³/mol. The zero-order valence-electron chi connectivity index (χ0n) is 19.1. The van der Waals surface area contributed by atoms with Gasteiger partial charge in [-0.05, 0) is 80.7 Å². The highest BCUT2D eigenvalue weighted by Crippen LogP contribution is 2.40. The summed E-state index contributed by atoms with van der Waals surface area (Å²) < 4.78 is 20.3. The maximum atomic E-state index is 14.5. The Kier molecular flexibility index (Phi) is 7.60. The van der Waals surface area contributed by atoms with E-state index in [-0.39, 0.29) is 35.7 Å². The van der Waals surface area contributed by atoms with Gasteiger partial charge in [-0.15, -0.1) is 0 Å². The summed E-state index contributed by atoms with van der Waals surface area (Å²) in [5.74, 6) is -1.33. The first-order chi connectivity index (χ1) is 16.4. The van der Waals surface area contributed by atoms with Crippen molar-refractivity contribution >= 4 is 17.7 Å². The topological polar surface area (TPSA) is 92.7 Å². The van der Waals surface area contributed by atoms with Gasteiger partial charge in [-0.2, -0.15) is 0 Å². The summed E-state index contributed by atoms with van der Waals surface area (Å²) in [6.45, 7) is 0.333. The molecule has 2 aromatic carbocycles. The maximum absolute atomic E-state index is 14.5. The Morgan fingerprint density at radius 3 is 2.44 bits per heavy atom. The van der Waals surface area contributed by atoms with Crippen molar-refractivity contribution in [2.75, 3.05) is 6.54 Å². The van der Waals surface area contributed by atoms with E-state index in [0.29, 0.717) is 55.9 Å². The Balaban J connectivity index is 1.21. The number of ketones is 1. The molecule has 2 saturated carbocycles. The normalized spacial score (nSPS) is 19.9. The fourth-order valence-electron chi connectivity index (χ4n) is 4.45. The number of aliphatic carboxylic acids is 1. The Morgan fingerprint density at radius 2 is 1.76 bits per heavy atom. The molecule has 1 amide bonds. The van der Waals surface area contributed by atoms with Crippen molar-refractivity contribution in [3.63, 3.8) is 0 Å². The van der Waals surface area contributed by atoms with Gasteiger partial charge < -0.3 is 15.2 Å². The van der Waals surface area contributed by atoms with Gasteiger partial charge in [-0.3, -0.25) is 14.4 Å². The fourth-order valence-corrected chi connectivity index (χ4v) is 4.45. The molecule has 2 aliphatic carbocycles. The number of rotatable bonds is 10. The number of carbonyl (C=O) groups excluding carboxylic acids is 2. The minimum atomic E-state index is -0.783. The molecule has 6 nitrogen and oxygen atoms in total. The molecule has 2 aliphatic rings. The monoisotopic (exact) mass is 467 g/mol. The van der Waals surface area contributed by atoms with Crippen LogP contribution in [0.3, 0.4) is 0 Å². The van der Waals surface area contributed by atoms with Crippen LogP contribution in [0.5, 0.6) is 5.75 Å². The van der Waals surface area contributed by atoms with Crippen LogP contribution >= 0.6 is 0 Å². The van der Waals surface area contributed by atoms with Crippen LogP contribution in [0, 0.1) is 11.7 Å². The second-order valence-corrected chi connectivity index (χ2v) is 9.25. The lowest BCUT2D eigenvalue weighted by molar-refractivity contribution is -0.143. The molecule has 0 saturated heterocycles. The maximum Gasteiger partial charge on any atom is 0.306 e. The van der Waals surface area contributed by atoms with Gasteiger partial charge >= 0.3 is 5.97 Å². The van der Waals surface area contributed by atoms with E-state index in [2.05, 4.69) is 5.32 Å². The molecule has 2 N–H and O–H groups in total. The van der Waals surface area contributed by atoms with Gasteiger partial charge in [-0.1, -0.05) is 12.1 Å². The van der Waals surface area contributed by atoms with Crippen molar-refractivity contribution in [2.45, 2.75) is 63.4 Å². The number of hydrogen-bond donors (Lipinski definition) is 2. The SMILES string of the molecule is O=C(NCCCC(=O)c1ccc(OC2CCC(C(=O)O)CC2)cc1F)c1cccc(C2CC2)c1. The fraction of sp³-hybridized carbons (Fsp3) is 0.444.